The van der Waals surface area contributed by atoms with Crippen LogP contribution in [0.1, 0.15) is 49.0 Å². The van der Waals surface area contributed by atoms with Gasteiger partial charge < -0.3 is 14.7 Å². The summed E-state index contributed by atoms with van der Waals surface area (Å²) in [5.74, 6) is 2.40. The van der Waals surface area contributed by atoms with Crippen LogP contribution < -0.4 is 4.74 Å². The number of ether oxygens (including phenoxy) is 1. The first-order valence-electron chi connectivity index (χ1n) is 13.1. The number of thiophene rings is 1. The number of nitrogens with zero attached hydrogens (tertiary/aromatic N) is 2. The van der Waals surface area contributed by atoms with E-state index in [0.717, 1.165) is 62.3 Å². The van der Waals surface area contributed by atoms with Gasteiger partial charge in [-0.2, -0.15) is 0 Å². The van der Waals surface area contributed by atoms with Crippen LogP contribution in [0, 0.1) is 18.8 Å². The van der Waals surface area contributed by atoms with E-state index in [0.29, 0.717) is 11.8 Å². The van der Waals surface area contributed by atoms with Gasteiger partial charge >= 0.3 is 5.97 Å². The van der Waals surface area contributed by atoms with E-state index in [1.165, 1.54) is 32.9 Å². The van der Waals surface area contributed by atoms with Crippen molar-refractivity contribution >= 4 is 40.0 Å². The number of hydrogen-bond acceptors (Lipinski definition) is 6. The van der Waals surface area contributed by atoms with Crippen LogP contribution >= 0.6 is 23.1 Å². The highest BCUT2D eigenvalue weighted by molar-refractivity contribution is 8.01. The summed E-state index contributed by atoms with van der Waals surface area (Å²) in [6.45, 7) is 5.44. The lowest BCUT2D eigenvalue weighted by molar-refractivity contribution is -0.137. The standard InChI is InChI=1S/C29H38N2O3S2/c1-21-7-12-29(36-21)35-18-4-16-31-17-14-22(24(20-31)8-11-28(32)33)5-3-6-23-13-15-30-27-10-9-25(34-2)19-26(23)27/h7,9-10,12-13,15,19,22,24H,3-6,8,11,14,16-18,20H2,1-2H3,(H,32,33)/t22-,24+/m1/s1. The summed E-state index contributed by atoms with van der Waals surface area (Å²) in [6.07, 6.45) is 8.59. The van der Waals surface area contributed by atoms with E-state index in [9.17, 15) is 9.90 Å². The quantitative estimate of drug-likeness (QED) is 0.193. The molecule has 1 saturated heterocycles. The van der Waals surface area contributed by atoms with E-state index in [1.54, 1.807) is 7.11 Å². The van der Waals surface area contributed by atoms with Crippen LogP contribution in [-0.4, -0.2) is 53.5 Å². The van der Waals surface area contributed by atoms with Crippen molar-refractivity contribution in [2.75, 3.05) is 32.5 Å². The van der Waals surface area contributed by atoms with Gasteiger partial charge in [0.05, 0.1) is 16.8 Å². The molecule has 0 saturated carbocycles. The molecule has 3 aromatic rings. The Kier molecular flexibility index (Phi) is 10.1. The number of piperidine rings is 1. The highest BCUT2D eigenvalue weighted by atomic mass is 32.2. The number of carboxylic acid groups (broad SMARTS) is 1. The van der Waals surface area contributed by atoms with Crippen LogP contribution in [0.5, 0.6) is 5.75 Å². The molecule has 2 atom stereocenters. The van der Waals surface area contributed by atoms with Gasteiger partial charge in [0.15, 0.2) is 0 Å². The SMILES string of the molecule is COc1ccc2nccc(CCC[C@@H]3CCN(CCCSc4ccc(C)s4)C[C@@H]3CCC(=O)O)c2c1. The Morgan fingerprint density at radius 2 is 2.08 bits per heavy atom. The topological polar surface area (TPSA) is 62.7 Å². The van der Waals surface area contributed by atoms with Gasteiger partial charge in [0.2, 0.25) is 0 Å². The molecule has 0 bridgehead atoms. The fraction of sp³-hybridized carbons (Fsp3) is 0.517. The largest absolute Gasteiger partial charge is 0.497 e. The smallest absolute Gasteiger partial charge is 0.303 e. The summed E-state index contributed by atoms with van der Waals surface area (Å²) >= 11 is 3.84. The molecule has 194 valence electrons. The van der Waals surface area contributed by atoms with Crippen molar-refractivity contribution in [3.05, 3.63) is 53.0 Å². The molecule has 1 fully saturated rings. The minimum absolute atomic E-state index is 0.275. The van der Waals surface area contributed by atoms with Crippen molar-refractivity contribution in [3.63, 3.8) is 0 Å². The molecule has 0 radical (unpaired) electrons. The van der Waals surface area contributed by atoms with E-state index < -0.39 is 5.97 Å². The summed E-state index contributed by atoms with van der Waals surface area (Å²) in [4.78, 5) is 19.8. The first-order chi connectivity index (χ1) is 17.5. The third-order valence-electron chi connectivity index (χ3n) is 7.34. The second kappa shape index (κ2) is 13.5. The van der Waals surface area contributed by atoms with Crippen molar-refractivity contribution in [1.82, 2.24) is 9.88 Å². The highest BCUT2D eigenvalue weighted by Gasteiger charge is 2.29. The summed E-state index contributed by atoms with van der Waals surface area (Å²) in [6, 6.07) is 12.6. The molecule has 1 aliphatic heterocycles. The number of hydrogen-bond donors (Lipinski definition) is 1. The molecule has 1 aliphatic rings. The van der Waals surface area contributed by atoms with Crippen LogP contribution in [0.3, 0.4) is 0 Å². The Hall–Kier alpha value is -2.09. The summed E-state index contributed by atoms with van der Waals surface area (Å²) in [5, 5.41) is 10.5. The molecule has 1 N–H and O–H groups in total. The van der Waals surface area contributed by atoms with Crippen LogP contribution in [0.4, 0.5) is 0 Å². The number of thioether (sulfide) groups is 1. The van der Waals surface area contributed by atoms with Gasteiger partial charge in [0.25, 0.3) is 0 Å². The van der Waals surface area contributed by atoms with Gasteiger partial charge in [-0.15, -0.1) is 23.1 Å². The first-order valence-corrected chi connectivity index (χ1v) is 14.9. The number of aliphatic carboxylic acids is 1. The molecule has 0 amide bonds. The maximum atomic E-state index is 11.3. The number of pyridine rings is 1. The van der Waals surface area contributed by atoms with Crippen molar-refractivity contribution in [1.29, 1.82) is 0 Å². The summed E-state index contributed by atoms with van der Waals surface area (Å²) < 4.78 is 6.83. The predicted octanol–water partition coefficient (Wildman–Crippen LogP) is 6.92. The zero-order valence-corrected chi connectivity index (χ0v) is 23.1. The summed E-state index contributed by atoms with van der Waals surface area (Å²) in [5.41, 5.74) is 2.32. The monoisotopic (exact) mass is 526 g/mol. The van der Waals surface area contributed by atoms with E-state index in [2.05, 4.69) is 41.1 Å². The van der Waals surface area contributed by atoms with E-state index in [1.807, 2.05) is 41.4 Å². The van der Waals surface area contributed by atoms with Crippen LogP contribution in [0.25, 0.3) is 10.9 Å². The highest BCUT2D eigenvalue weighted by Crippen LogP contribution is 2.33. The Balaban J connectivity index is 1.28. The Morgan fingerprint density at radius 1 is 1.19 bits per heavy atom. The third-order valence-corrected chi connectivity index (χ3v) is 9.66. The van der Waals surface area contributed by atoms with E-state index >= 15 is 0 Å². The number of rotatable bonds is 13. The molecule has 3 heterocycles. The number of aryl methyl sites for hydroxylation is 2. The molecule has 1 aromatic carbocycles. The summed E-state index contributed by atoms with van der Waals surface area (Å²) in [7, 11) is 1.70. The lowest BCUT2D eigenvalue weighted by Crippen LogP contribution is -2.41. The first kappa shape index (κ1) is 27.0. The Morgan fingerprint density at radius 3 is 2.86 bits per heavy atom. The van der Waals surface area contributed by atoms with Crippen LogP contribution in [-0.2, 0) is 11.2 Å². The van der Waals surface area contributed by atoms with Gasteiger partial charge in [0.1, 0.15) is 5.75 Å². The molecule has 2 aromatic heterocycles. The lowest BCUT2D eigenvalue weighted by atomic mass is 9.79. The van der Waals surface area contributed by atoms with Crippen molar-refractivity contribution < 1.29 is 14.6 Å². The molecule has 7 heteroatoms. The second-order valence-corrected chi connectivity index (χ2v) is 12.5. The molecular weight excluding hydrogens is 488 g/mol. The van der Waals surface area contributed by atoms with E-state index in [4.69, 9.17) is 4.74 Å². The Bertz CT molecular complexity index is 1130. The zero-order chi connectivity index (χ0) is 25.3. The van der Waals surface area contributed by atoms with Crippen LogP contribution in [0.2, 0.25) is 0 Å². The van der Waals surface area contributed by atoms with Gasteiger partial charge in [-0.1, -0.05) is 0 Å². The zero-order valence-electron chi connectivity index (χ0n) is 21.4. The Labute approximate surface area is 223 Å². The molecular formula is C29H38N2O3S2. The molecule has 5 nitrogen and oxygen atoms in total. The molecule has 0 aliphatic carbocycles. The average molecular weight is 527 g/mol. The molecule has 0 unspecified atom stereocenters. The van der Waals surface area contributed by atoms with Crippen molar-refractivity contribution in [2.24, 2.45) is 11.8 Å². The third kappa shape index (κ3) is 7.70. The minimum atomic E-state index is -0.675. The van der Waals surface area contributed by atoms with E-state index in [-0.39, 0.29) is 6.42 Å². The lowest BCUT2D eigenvalue weighted by Gasteiger charge is -2.39. The average Bonchev–Trinajstić information content (AvgIpc) is 3.30. The van der Waals surface area contributed by atoms with Gasteiger partial charge in [-0.3, -0.25) is 9.78 Å². The molecule has 36 heavy (non-hydrogen) atoms. The maximum Gasteiger partial charge on any atom is 0.303 e. The number of likely N-dealkylation sites (tertiary alicyclic amines) is 1. The van der Waals surface area contributed by atoms with Gasteiger partial charge in [0, 0.05) is 35.2 Å². The number of benzene rings is 1. The van der Waals surface area contributed by atoms with Gasteiger partial charge in [-0.25, -0.2) is 0 Å². The molecule has 4 rings (SSSR count). The predicted molar refractivity (Wildman–Crippen MR) is 151 cm³/mol. The maximum absolute atomic E-state index is 11.3. The second-order valence-electron chi connectivity index (χ2n) is 9.85. The fourth-order valence-electron chi connectivity index (χ4n) is 5.41. The van der Waals surface area contributed by atoms with Gasteiger partial charge in [-0.05, 0) is 112 Å². The number of carbonyl (C=O) groups is 1. The fourth-order valence-corrected chi connectivity index (χ4v) is 7.52. The van der Waals surface area contributed by atoms with Crippen molar-refractivity contribution in [3.8, 4) is 5.75 Å². The number of methoxy groups -OCH3 is 1. The van der Waals surface area contributed by atoms with Crippen molar-refractivity contribution in [2.45, 2.75) is 56.1 Å². The number of aromatic nitrogens is 1. The number of carboxylic acids is 1. The number of fused-ring (bicyclic) bond motifs is 1. The molecule has 0 spiro atoms. The normalized spacial score (nSPS) is 18.5. The minimum Gasteiger partial charge on any atom is -0.497 e. The van der Waals surface area contributed by atoms with Crippen LogP contribution in [0.15, 0.2) is 46.8 Å².